The van der Waals surface area contributed by atoms with Gasteiger partial charge in [-0.3, -0.25) is 4.98 Å². The molecule has 2 atom stereocenters. The maximum absolute atomic E-state index is 5.57. The highest BCUT2D eigenvalue weighted by atomic mass is 16.5. The van der Waals surface area contributed by atoms with Crippen molar-refractivity contribution in [1.82, 2.24) is 10.3 Å². The minimum Gasteiger partial charge on any atom is -0.379 e. The zero-order valence-electron chi connectivity index (χ0n) is 11.2. The Morgan fingerprint density at radius 1 is 1.28 bits per heavy atom. The maximum Gasteiger partial charge on any atom is 0.0764 e. The molecule has 2 unspecified atom stereocenters. The predicted molar refractivity (Wildman–Crippen MR) is 74.6 cm³/mol. The van der Waals surface area contributed by atoms with Gasteiger partial charge in [0.2, 0.25) is 0 Å². The van der Waals surface area contributed by atoms with Gasteiger partial charge in [0.15, 0.2) is 0 Å². The van der Waals surface area contributed by atoms with Gasteiger partial charge in [0, 0.05) is 24.9 Å². The van der Waals surface area contributed by atoms with Gasteiger partial charge in [0.25, 0.3) is 0 Å². The van der Waals surface area contributed by atoms with Gasteiger partial charge < -0.3 is 10.1 Å². The van der Waals surface area contributed by atoms with E-state index in [2.05, 4.69) is 35.4 Å². The van der Waals surface area contributed by atoms with Crippen molar-refractivity contribution in [1.29, 1.82) is 0 Å². The molecule has 2 aromatic rings. The summed E-state index contributed by atoms with van der Waals surface area (Å²) in [6, 6.07) is 8.49. The number of ether oxygens (including phenoxy) is 1. The molecule has 2 rings (SSSR count). The van der Waals surface area contributed by atoms with E-state index in [1.807, 2.05) is 25.5 Å². The molecule has 1 aromatic heterocycles. The van der Waals surface area contributed by atoms with Gasteiger partial charge in [-0.15, -0.1) is 0 Å². The molecule has 1 aromatic carbocycles. The van der Waals surface area contributed by atoms with Crippen molar-refractivity contribution in [3.05, 3.63) is 42.2 Å². The first-order valence-corrected chi connectivity index (χ1v) is 6.34. The molecule has 1 N–H and O–H groups in total. The van der Waals surface area contributed by atoms with Crippen molar-refractivity contribution in [3.63, 3.8) is 0 Å². The zero-order chi connectivity index (χ0) is 13.0. The minimum atomic E-state index is 0.155. The minimum absolute atomic E-state index is 0.155. The number of nitrogens with zero attached hydrogens (tertiary/aromatic N) is 1. The Labute approximate surface area is 108 Å². The van der Waals surface area contributed by atoms with Crippen LogP contribution < -0.4 is 5.32 Å². The second-order valence-electron chi connectivity index (χ2n) is 4.40. The third-order valence-electron chi connectivity index (χ3n) is 3.42. The molecule has 0 aliphatic rings. The summed E-state index contributed by atoms with van der Waals surface area (Å²) in [5, 5.41) is 5.75. The molecule has 0 saturated heterocycles. The Hall–Kier alpha value is -1.45. The van der Waals surface area contributed by atoms with E-state index in [1.54, 1.807) is 7.11 Å². The van der Waals surface area contributed by atoms with E-state index in [0.717, 1.165) is 6.42 Å². The Kier molecular flexibility index (Phi) is 4.28. The van der Waals surface area contributed by atoms with Gasteiger partial charge in [0.05, 0.1) is 12.1 Å². The van der Waals surface area contributed by atoms with Gasteiger partial charge in [-0.05, 0) is 24.4 Å². The van der Waals surface area contributed by atoms with Crippen molar-refractivity contribution >= 4 is 10.8 Å². The highest BCUT2D eigenvalue weighted by molar-refractivity contribution is 5.85. The molecule has 0 saturated carbocycles. The fraction of sp³-hybridized carbons (Fsp3) is 0.400. The van der Waals surface area contributed by atoms with Crippen LogP contribution in [-0.2, 0) is 4.74 Å². The molecule has 96 valence electrons. The van der Waals surface area contributed by atoms with Gasteiger partial charge in [-0.1, -0.05) is 31.2 Å². The third-order valence-corrected chi connectivity index (χ3v) is 3.42. The first kappa shape index (κ1) is 13.0. The maximum atomic E-state index is 5.57. The standard InChI is InChI=1S/C15H20N2O/c1-4-14(18-3)15(16-2)13-10-17-9-11-7-5-6-8-12(11)13/h5-10,14-16H,4H2,1-3H3. The zero-order valence-corrected chi connectivity index (χ0v) is 11.2. The fourth-order valence-corrected chi connectivity index (χ4v) is 2.47. The van der Waals surface area contributed by atoms with Crippen molar-refractivity contribution in [2.75, 3.05) is 14.2 Å². The highest BCUT2D eigenvalue weighted by Gasteiger charge is 2.21. The lowest BCUT2D eigenvalue weighted by Gasteiger charge is -2.25. The van der Waals surface area contributed by atoms with E-state index in [4.69, 9.17) is 4.74 Å². The number of pyridine rings is 1. The van der Waals surface area contributed by atoms with Gasteiger partial charge in [-0.2, -0.15) is 0 Å². The smallest absolute Gasteiger partial charge is 0.0764 e. The second kappa shape index (κ2) is 5.94. The van der Waals surface area contributed by atoms with Crippen LogP contribution >= 0.6 is 0 Å². The number of hydrogen-bond donors (Lipinski definition) is 1. The van der Waals surface area contributed by atoms with Crippen LogP contribution in [0, 0.1) is 0 Å². The second-order valence-corrected chi connectivity index (χ2v) is 4.40. The van der Waals surface area contributed by atoms with Crippen LogP contribution in [-0.4, -0.2) is 25.2 Å². The predicted octanol–water partition coefficient (Wildman–Crippen LogP) is 2.92. The summed E-state index contributed by atoms with van der Waals surface area (Å²) in [6.45, 7) is 2.14. The van der Waals surface area contributed by atoms with Crippen molar-refractivity contribution in [3.8, 4) is 0 Å². The molecular weight excluding hydrogens is 224 g/mol. The van der Waals surface area contributed by atoms with Crippen LogP contribution in [0.25, 0.3) is 10.8 Å². The van der Waals surface area contributed by atoms with Crippen LogP contribution in [0.4, 0.5) is 0 Å². The molecule has 0 aliphatic carbocycles. The number of aromatic nitrogens is 1. The number of benzene rings is 1. The van der Waals surface area contributed by atoms with Crippen LogP contribution in [0.15, 0.2) is 36.7 Å². The molecule has 0 bridgehead atoms. The van der Waals surface area contributed by atoms with Gasteiger partial charge >= 0.3 is 0 Å². The van der Waals surface area contributed by atoms with Crippen molar-refractivity contribution in [2.24, 2.45) is 0 Å². The Balaban J connectivity index is 2.51. The number of likely N-dealkylation sites (N-methyl/N-ethyl adjacent to an activating group) is 1. The van der Waals surface area contributed by atoms with E-state index >= 15 is 0 Å². The Bertz CT molecular complexity index is 503. The lowest BCUT2D eigenvalue weighted by atomic mass is 9.96. The largest absolute Gasteiger partial charge is 0.379 e. The van der Waals surface area contributed by atoms with E-state index < -0.39 is 0 Å². The Morgan fingerprint density at radius 2 is 2.06 bits per heavy atom. The topological polar surface area (TPSA) is 34.1 Å². The highest BCUT2D eigenvalue weighted by Crippen LogP contribution is 2.27. The number of hydrogen-bond acceptors (Lipinski definition) is 3. The average molecular weight is 244 g/mol. The third kappa shape index (κ3) is 2.37. The van der Waals surface area contributed by atoms with E-state index in [1.165, 1.54) is 16.3 Å². The lowest BCUT2D eigenvalue weighted by Crippen LogP contribution is -2.30. The fourth-order valence-electron chi connectivity index (χ4n) is 2.47. The van der Waals surface area contributed by atoms with E-state index in [9.17, 15) is 0 Å². The summed E-state index contributed by atoms with van der Waals surface area (Å²) < 4.78 is 5.57. The van der Waals surface area contributed by atoms with Crippen molar-refractivity contribution < 1.29 is 4.74 Å². The average Bonchev–Trinajstić information content (AvgIpc) is 2.44. The summed E-state index contributed by atoms with van der Waals surface area (Å²) in [6.07, 6.45) is 4.96. The quantitative estimate of drug-likeness (QED) is 0.878. The number of methoxy groups -OCH3 is 1. The summed E-state index contributed by atoms with van der Waals surface area (Å²) in [7, 11) is 3.73. The van der Waals surface area contributed by atoms with E-state index in [0.29, 0.717) is 0 Å². The molecule has 0 amide bonds. The molecule has 0 spiro atoms. The monoisotopic (exact) mass is 244 g/mol. The van der Waals surface area contributed by atoms with E-state index in [-0.39, 0.29) is 12.1 Å². The van der Waals surface area contributed by atoms with Crippen LogP contribution in [0.5, 0.6) is 0 Å². The van der Waals surface area contributed by atoms with Crippen LogP contribution in [0.2, 0.25) is 0 Å². The molecule has 0 aliphatic heterocycles. The number of nitrogens with one attached hydrogen (secondary N) is 1. The summed E-state index contributed by atoms with van der Waals surface area (Å²) in [4.78, 5) is 4.34. The molecule has 3 heteroatoms. The first-order valence-electron chi connectivity index (χ1n) is 6.34. The van der Waals surface area contributed by atoms with Crippen LogP contribution in [0.1, 0.15) is 24.9 Å². The molecular formula is C15H20N2O. The molecule has 3 nitrogen and oxygen atoms in total. The normalized spacial score (nSPS) is 14.6. The SMILES string of the molecule is CCC(OC)C(NC)c1cncc2ccccc12. The van der Waals surface area contributed by atoms with Gasteiger partial charge in [-0.25, -0.2) is 0 Å². The van der Waals surface area contributed by atoms with Crippen molar-refractivity contribution in [2.45, 2.75) is 25.5 Å². The molecule has 18 heavy (non-hydrogen) atoms. The number of fused-ring (bicyclic) bond motifs is 1. The summed E-state index contributed by atoms with van der Waals surface area (Å²) in [5.74, 6) is 0. The summed E-state index contributed by atoms with van der Waals surface area (Å²) >= 11 is 0. The molecule has 1 heterocycles. The van der Waals surface area contributed by atoms with Gasteiger partial charge in [0.1, 0.15) is 0 Å². The lowest BCUT2D eigenvalue weighted by molar-refractivity contribution is 0.0679. The summed E-state index contributed by atoms with van der Waals surface area (Å²) in [5.41, 5.74) is 1.20. The molecule has 0 fully saturated rings. The Morgan fingerprint density at radius 3 is 2.72 bits per heavy atom. The molecule has 0 radical (unpaired) electrons. The van der Waals surface area contributed by atoms with Crippen LogP contribution in [0.3, 0.4) is 0 Å². The number of rotatable bonds is 5. The first-order chi connectivity index (χ1) is 8.81.